The van der Waals surface area contributed by atoms with Gasteiger partial charge in [0.2, 0.25) is 0 Å². The second-order valence-electron chi connectivity index (χ2n) is 6.28. The molecule has 0 aliphatic heterocycles. The van der Waals surface area contributed by atoms with E-state index in [1.165, 1.54) is 26.7 Å². The average Bonchev–Trinajstić information content (AvgIpc) is 3.23. The average molecular weight is 368 g/mol. The molecule has 3 rings (SSSR count). The van der Waals surface area contributed by atoms with Crippen molar-refractivity contribution in [3.05, 3.63) is 51.2 Å². The van der Waals surface area contributed by atoms with Gasteiger partial charge in [0.25, 0.3) is 5.91 Å². The van der Waals surface area contributed by atoms with Crippen molar-refractivity contribution in [3.8, 4) is 6.07 Å². The predicted molar refractivity (Wildman–Crippen MR) is 100 cm³/mol. The van der Waals surface area contributed by atoms with Gasteiger partial charge in [-0.05, 0) is 49.9 Å². The lowest BCUT2D eigenvalue weighted by Gasteiger charge is -2.21. The van der Waals surface area contributed by atoms with Crippen molar-refractivity contribution < 1.29 is 14.3 Å². The predicted octanol–water partition coefficient (Wildman–Crippen LogP) is 3.65. The normalized spacial score (nSPS) is 12.3. The van der Waals surface area contributed by atoms with Crippen LogP contribution in [0.15, 0.2) is 30.3 Å². The number of hydrogen-bond acceptors (Lipinski definition) is 5. The van der Waals surface area contributed by atoms with Crippen LogP contribution in [0.25, 0.3) is 0 Å². The summed E-state index contributed by atoms with van der Waals surface area (Å²) < 4.78 is 5.23. The first-order valence-electron chi connectivity index (χ1n) is 8.61. The molecule has 0 N–H and O–H groups in total. The van der Waals surface area contributed by atoms with Crippen molar-refractivity contribution in [2.75, 3.05) is 18.1 Å². The number of ether oxygens (including phenoxy) is 1. The number of nitrogens with zero attached hydrogens (tertiary/aromatic N) is 2. The van der Waals surface area contributed by atoms with E-state index in [0.717, 1.165) is 24.8 Å². The Balaban J connectivity index is 1.64. The molecule has 0 bridgehead atoms. The molecule has 0 saturated heterocycles. The van der Waals surface area contributed by atoms with Crippen molar-refractivity contribution in [1.29, 1.82) is 5.26 Å². The fraction of sp³-hybridized carbons (Fsp3) is 0.350. The summed E-state index contributed by atoms with van der Waals surface area (Å²) in [6.45, 7) is 1.90. The summed E-state index contributed by atoms with van der Waals surface area (Å²) in [5.41, 5.74) is 3.00. The van der Waals surface area contributed by atoms with Gasteiger partial charge in [0.1, 0.15) is 4.88 Å². The van der Waals surface area contributed by atoms with Gasteiger partial charge in [-0.1, -0.05) is 17.7 Å². The summed E-state index contributed by atoms with van der Waals surface area (Å²) in [7, 11) is 0. The molecule has 0 fully saturated rings. The summed E-state index contributed by atoms with van der Waals surface area (Å²) >= 11 is 1.46. The van der Waals surface area contributed by atoms with Crippen LogP contribution in [0.2, 0.25) is 0 Å². The molecule has 1 heterocycles. The largest absolute Gasteiger partial charge is 0.451 e. The molecule has 0 unspecified atom stereocenters. The maximum atomic E-state index is 12.6. The molecule has 1 amide bonds. The second kappa shape index (κ2) is 8.15. The fourth-order valence-electron chi connectivity index (χ4n) is 2.99. The van der Waals surface area contributed by atoms with Crippen LogP contribution < -0.4 is 4.90 Å². The molecule has 0 spiro atoms. The first-order chi connectivity index (χ1) is 12.6. The highest BCUT2D eigenvalue weighted by atomic mass is 32.1. The molecule has 1 aromatic carbocycles. The molecule has 5 nitrogen and oxygen atoms in total. The third-order valence-electron chi connectivity index (χ3n) is 4.37. The summed E-state index contributed by atoms with van der Waals surface area (Å²) in [5.74, 6) is -0.788. The number of hydrogen-bond donors (Lipinski definition) is 0. The number of fused-ring (bicyclic) bond motifs is 1. The number of benzene rings is 1. The molecule has 6 heteroatoms. The van der Waals surface area contributed by atoms with E-state index in [4.69, 9.17) is 10.00 Å². The maximum absolute atomic E-state index is 12.6. The first kappa shape index (κ1) is 18.2. The standard InChI is InChI=1S/C20H20N2O3S/c1-14-6-8-16(9-7-14)22(11-3-10-21)19(23)13-25-20(24)18-12-15-4-2-5-17(15)26-18/h6-9,12H,2-5,11,13H2,1H3. The van der Waals surface area contributed by atoms with E-state index in [-0.39, 0.29) is 25.5 Å². The van der Waals surface area contributed by atoms with Crippen LogP contribution in [-0.2, 0) is 22.4 Å². The molecule has 1 aliphatic rings. The van der Waals surface area contributed by atoms with Crippen molar-refractivity contribution in [2.45, 2.75) is 32.6 Å². The number of carbonyl (C=O) groups excluding carboxylic acids is 2. The minimum atomic E-state index is -0.457. The van der Waals surface area contributed by atoms with E-state index < -0.39 is 5.97 Å². The molecular weight excluding hydrogens is 348 g/mol. The van der Waals surface area contributed by atoms with Crippen molar-refractivity contribution >= 4 is 28.9 Å². The highest BCUT2D eigenvalue weighted by molar-refractivity contribution is 7.14. The van der Waals surface area contributed by atoms with E-state index >= 15 is 0 Å². The van der Waals surface area contributed by atoms with E-state index in [2.05, 4.69) is 0 Å². The summed E-state index contributed by atoms with van der Waals surface area (Å²) in [4.78, 5) is 28.1. The Morgan fingerprint density at radius 3 is 2.73 bits per heavy atom. The topological polar surface area (TPSA) is 70.4 Å². The van der Waals surface area contributed by atoms with E-state index in [1.54, 1.807) is 0 Å². The smallest absolute Gasteiger partial charge is 0.348 e. The minimum Gasteiger partial charge on any atom is -0.451 e. The Morgan fingerprint density at radius 2 is 2.04 bits per heavy atom. The van der Waals surface area contributed by atoms with Crippen LogP contribution >= 0.6 is 11.3 Å². The number of rotatable bonds is 6. The zero-order chi connectivity index (χ0) is 18.5. The Hall–Kier alpha value is -2.65. The first-order valence-corrected chi connectivity index (χ1v) is 9.43. The molecule has 0 atom stereocenters. The van der Waals surface area contributed by atoms with Crippen LogP contribution in [0.5, 0.6) is 0 Å². The zero-order valence-corrected chi connectivity index (χ0v) is 15.5. The lowest BCUT2D eigenvalue weighted by Crippen LogP contribution is -2.35. The molecule has 0 radical (unpaired) electrons. The molecule has 134 valence electrons. The van der Waals surface area contributed by atoms with Crippen molar-refractivity contribution in [3.63, 3.8) is 0 Å². The Labute approximate surface area is 156 Å². The minimum absolute atomic E-state index is 0.213. The van der Waals surface area contributed by atoms with Gasteiger partial charge in [0.15, 0.2) is 6.61 Å². The van der Waals surface area contributed by atoms with Gasteiger partial charge in [-0.25, -0.2) is 4.79 Å². The van der Waals surface area contributed by atoms with Gasteiger partial charge in [-0.15, -0.1) is 11.3 Å². The number of anilines is 1. The Morgan fingerprint density at radius 1 is 1.27 bits per heavy atom. The summed E-state index contributed by atoms with van der Waals surface area (Å²) in [5, 5.41) is 8.84. The van der Waals surface area contributed by atoms with Crippen LogP contribution in [0.1, 0.15) is 38.5 Å². The van der Waals surface area contributed by atoms with Crippen molar-refractivity contribution in [2.24, 2.45) is 0 Å². The van der Waals surface area contributed by atoms with E-state index in [1.807, 2.05) is 43.3 Å². The van der Waals surface area contributed by atoms with Crippen LogP contribution in [-0.4, -0.2) is 25.0 Å². The monoisotopic (exact) mass is 368 g/mol. The lowest BCUT2D eigenvalue weighted by molar-refractivity contribution is -0.121. The fourth-order valence-corrected chi connectivity index (χ4v) is 4.14. The number of carbonyl (C=O) groups is 2. The number of esters is 1. The SMILES string of the molecule is Cc1ccc(N(CCC#N)C(=O)COC(=O)c2cc3c(s2)CCC3)cc1. The highest BCUT2D eigenvalue weighted by Crippen LogP contribution is 2.31. The molecular formula is C20H20N2O3S. The van der Waals surface area contributed by atoms with Gasteiger partial charge in [0.05, 0.1) is 12.5 Å². The quantitative estimate of drug-likeness (QED) is 0.730. The van der Waals surface area contributed by atoms with Crippen LogP contribution in [0, 0.1) is 18.3 Å². The molecule has 0 saturated carbocycles. The number of aryl methyl sites for hydroxylation is 3. The van der Waals surface area contributed by atoms with E-state index in [0.29, 0.717) is 10.6 Å². The van der Waals surface area contributed by atoms with Gasteiger partial charge in [-0.3, -0.25) is 4.79 Å². The Kier molecular flexibility index (Phi) is 5.69. The van der Waals surface area contributed by atoms with Gasteiger partial charge in [-0.2, -0.15) is 5.26 Å². The van der Waals surface area contributed by atoms with E-state index in [9.17, 15) is 9.59 Å². The van der Waals surface area contributed by atoms with Crippen LogP contribution in [0.3, 0.4) is 0 Å². The van der Waals surface area contributed by atoms with Gasteiger partial charge in [0, 0.05) is 17.1 Å². The lowest BCUT2D eigenvalue weighted by atomic mass is 10.2. The molecule has 1 aliphatic carbocycles. The number of amides is 1. The maximum Gasteiger partial charge on any atom is 0.348 e. The summed E-state index contributed by atoms with van der Waals surface area (Å²) in [6, 6.07) is 11.4. The third kappa shape index (κ3) is 4.12. The van der Waals surface area contributed by atoms with Crippen molar-refractivity contribution in [1.82, 2.24) is 0 Å². The van der Waals surface area contributed by atoms with Gasteiger partial charge < -0.3 is 9.64 Å². The van der Waals surface area contributed by atoms with Crippen LogP contribution in [0.4, 0.5) is 5.69 Å². The third-order valence-corrected chi connectivity index (χ3v) is 5.59. The zero-order valence-electron chi connectivity index (χ0n) is 14.7. The highest BCUT2D eigenvalue weighted by Gasteiger charge is 2.22. The number of nitriles is 1. The Bertz CT molecular complexity index is 827. The molecule has 2 aromatic rings. The summed E-state index contributed by atoms with van der Waals surface area (Å²) in [6.07, 6.45) is 3.37. The molecule has 26 heavy (non-hydrogen) atoms. The van der Waals surface area contributed by atoms with Gasteiger partial charge >= 0.3 is 5.97 Å². The molecule has 1 aromatic heterocycles. The second-order valence-corrected chi connectivity index (χ2v) is 7.41. The number of thiophene rings is 1.